The van der Waals surface area contributed by atoms with E-state index in [4.69, 9.17) is 16.3 Å². The molecule has 13 heteroatoms. The van der Waals surface area contributed by atoms with E-state index in [1.807, 2.05) is 0 Å². The fourth-order valence-corrected chi connectivity index (χ4v) is 3.81. The van der Waals surface area contributed by atoms with Crippen LogP contribution in [-0.4, -0.2) is 42.8 Å². The number of hydrogen-bond donors (Lipinski definition) is 3. The average Bonchev–Trinajstić information content (AvgIpc) is 2.82. The molecule has 1 aromatic carbocycles. The van der Waals surface area contributed by atoms with E-state index in [1.54, 1.807) is 19.9 Å². The first-order valence-electron chi connectivity index (χ1n) is 11.5. The third-order valence-electron chi connectivity index (χ3n) is 5.44. The van der Waals surface area contributed by atoms with Crippen LogP contribution in [0.4, 0.5) is 17.6 Å². The van der Waals surface area contributed by atoms with Gasteiger partial charge in [0.2, 0.25) is 17.7 Å². The van der Waals surface area contributed by atoms with Crippen molar-refractivity contribution in [3.63, 3.8) is 0 Å². The minimum atomic E-state index is -4.41. The van der Waals surface area contributed by atoms with Crippen LogP contribution < -0.4 is 20.7 Å². The topological polar surface area (TPSA) is 102 Å². The molecule has 1 saturated heterocycles. The molecule has 0 aliphatic carbocycles. The number of pyridine rings is 1. The molecule has 0 saturated carbocycles. The number of alkyl halides is 3. The summed E-state index contributed by atoms with van der Waals surface area (Å²) in [5.74, 6) is -1.31. The first-order chi connectivity index (χ1) is 17.4. The number of hydrogen-bond acceptors (Lipinski definition) is 6. The molecule has 8 nitrogen and oxygen atoms in total. The molecule has 2 heterocycles. The van der Waals surface area contributed by atoms with Gasteiger partial charge in [-0.2, -0.15) is 13.2 Å². The Balaban J connectivity index is 1.66. The fraction of sp³-hybridized carbons (Fsp3) is 0.458. The normalized spacial score (nSPS) is 18.0. The molecule has 0 spiro atoms. The standard InChI is InChI=1S/C24H27ClF4N4O4/c1-13(2)23(35)31-11-15-3-5-16(25)20(21(15)26)22-32-17(9-18(34)33-22)14-4-6-19(30-10-14)37-8-7-36-12-24(27,28)29/h3-6,10,13,17,22,32H,7-9,11-12H2,1-2H3,(H,31,35)(H,33,34). The Morgan fingerprint density at radius 1 is 1.24 bits per heavy atom. The van der Waals surface area contributed by atoms with Crippen molar-refractivity contribution in [2.75, 3.05) is 19.8 Å². The van der Waals surface area contributed by atoms with Crippen molar-refractivity contribution in [2.45, 2.75) is 45.2 Å². The molecule has 2 atom stereocenters. The van der Waals surface area contributed by atoms with Gasteiger partial charge in [0.05, 0.1) is 11.6 Å². The lowest BCUT2D eigenvalue weighted by molar-refractivity contribution is -0.175. The van der Waals surface area contributed by atoms with E-state index in [-0.39, 0.29) is 65.9 Å². The van der Waals surface area contributed by atoms with E-state index in [1.165, 1.54) is 24.4 Å². The highest BCUT2D eigenvalue weighted by atomic mass is 35.5. The average molecular weight is 547 g/mol. The lowest BCUT2D eigenvalue weighted by Gasteiger charge is -2.33. The maximum atomic E-state index is 15.4. The van der Waals surface area contributed by atoms with Crippen LogP contribution in [0.25, 0.3) is 0 Å². The van der Waals surface area contributed by atoms with Crippen molar-refractivity contribution in [2.24, 2.45) is 5.92 Å². The van der Waals surface area contributed by atoms with Crippen LogP contribution in [0.15, 0.2) is 30.5 Å². The molecule has 1 fully saturated rings. The Morgan fingerprint density at radius 3 is 2.65 bits per heavy atom. The Morgan fingerprint density at radius 2 is 2.00 bits per heavy atom. The summed E-state index contributed by atoms with van der Waals surface area (Å²) in [7, 11) is 0. The maximum absolute atomic E-state index is 15.4. The monoisotopic (exact) mass is 546 g/mol. The number of nitrogens with one attached hydrogen (secondary N) is 3. The van der Waals surface area contributed by atoms with Crippen molar-refractivity contribution in [1.29, 1.82) is 0 Å². The summed E-state index contributed by atoms with van der Waals surface area (Å²) < 4.78 is 61.4. The van der Waals surface area contributed by atoms with Crippen LogP contribution in [0.1, 0.15) is 49.2 Å². The molecule has 0 radical (unpaired) electrons. The van der Waals surface area contributed by atoms with E-state index in [2.05, 4.69) is 25.7 Å². The Kier molecular flexibility index (Phi) is 9.68. The molecular weight excluding hydrogens is 520 g/mol. The third kappa shape index (κ3) is 8.27. The van der Waals surface area contributed by atoms with Crippen LogP contribution in [0.3, 0.4) is 0 Å². The fourth-order valence-electron chi connectivity index (χ4n) is 3.56. The predicted octanol–water partition coefficient (Wildman–Crippen LogP) is 3.95. The number of ether oxygens (including phenoxy) is 2. The molecule has 1 aliphatic heterocycles. The molecular formula is C24H27ClF4N4O4. The van der Waals surface area contributed by atoms with Crippen molar-refractivity contribution >= 4 is 23.4 Å². The van der Waals surface area contributed by atoms with Crippen molar-refractivity contribution in [1.82, 2.24) is 20.9 Å². The molecule has 202 valence electrons. The highest BCUT2D eigenvalue weighted by Gasteiger charge is 2.32. The van der Waals surface area contributed by atoms with E-state index in [0.717, 1.165) is 0 Å². The second-order valence-electron chi connectivity index (χ2n) is 8.68. The number of benzene rings is 1. The zero-order valence-corrected chi connectivity index (χ0v) is 20.9. The quantitative estimate of drug-likeness (QED) is 0.308. The van der Waals surface area contributed by atoms with Crippen LogP contribution in [0.5, 0.6) is 5.88 Å². The van der Waals surface area contributed by atoms with Crippen LogP contribution >= 0.6 is 11.6 Å². The third-order valence-corrected chi connectivity index (χ3v) is 5.77. The number of rotatable bonds is 10. The van der Waals surface area contributed by atoms with Gasteiger partial charge in [0, 0.05) is 48.3 Å². The summed E-state index contributed by atoms with van der Waals surface area (Å²) in [5, 5.41) is 8.60. The van der Waals surface area contributed by atoms with E-state index in [9.17, 15) is 22.8 Å². The lowest BCUT2D eigenvalue weighted by Crippen LogP contribution is -2.47. The number of amides is 2. The molecule has 37 heavy (non-hydrogen) atoms. The first-order valence-corrected chi connectivity index (χ1v) is 11.9. The van der Waals surface area contributed by atoms with Crippen molar-refractivity contribution in [3.05, 3.63) is 58.0 Å². The van der Waals surface area contributed by atoms with Gasteiger partial charge in [-0.3, -0.25) is 14.9 Å². The summed E-state index contributed by atoms with van der Waals surface area (Å²) in [6.45, 7) is 1.66. The number of nitrogens with zero attached hydrogens (tertiary/aromatic N) is 1. The summed E-state index contributed by atoms with van der Waals surface area (Å²) in [5.41, 5.74) is 0.870. The van der Waals surface area contributed by atoms with Gasteiger partial charge in [-0.05, 0) is 11.6 Å². The second kappa shape index (κ2) is 12.5. The number of carbonyl (C=O) groups excluding carboxylic acids is 2. The summed E-state index contributed by atoms with van der Waals surface area (Å²) in [6.07, 6.45) is -3.85. The molecule has 2 aromatic rings. The van der Waals surface area contributed by atoms with Crippen molar-refractivity contribution in [3.8, 4) is 5.88 Å². The van der Waals surface area contributed by atoms with Crippen LogP contribution in [-0.2, 0) is 20.9 Å². The predicted molar refractivity (Wildman–Crippen MR) is 126 cm³/mol. The molecule has 2 amide bonds. The minimum Gasteiger partial charge on any atom is -0.475 e. The second-order valence-corrected chi connectivity index (χ2v) is 9.08. The molecule has 2 unspecified atom stereocenters. The number of carbonyl (C=O) groups is 2. The van der Waals surface area contributed by atoms with E-state index < -0.39 is 30.8 Å². The number of aromatic nitrogens is 1. The SMILES string of the molecule is CC(C)C(=O)NCc1ccc(Cl)c(C2NC(=O)CC(c3ccc(OCCOCC(F)(F)F)nc3)N2)c1F. The first kappa shape index (κ1) is 28.6. The van der Waals surface area contributed by atoms with Crippen LogP contribution in [0, 0.1) is 11.7 Å². The lowest BCUT2D eigenvalue weighted by atomic mass is 9.99. The van der Waals surface area contributed by atoms with Gasteiger partial charge in [0.15, 0.2) is 0 Å². The highest BCUT2D eigenvalue weighted by Crippen LogP contribution is 2.32. The summed E-state index contributed by atoms with van der Waals surface area (Å²) in [4.78, 5) is 28.5. The van der Waals surface area contributed by atoms with Gasteiger partial charge >= 0.3 is 6.18 Å². The Bertz CT molecular complexity index is 1100. The van der Waals surface area contributed by atoms with E-state index in [0.29, 0.717) is 5.56 Å². The molecule has 3 N–H and O–H groups in total. The van der Waals surface area contributed by atoms with Gasteiger partial charge in [-0.25, -0.2) is 9.37 Å². The van der Waals surface area contributed by atoms with Gasteiger partial charge in [-0.15, -0.1) is 0 Å². The summed E-state index contributed by atoms with van der Waals surface area (Å²) in [6, 6.07) is 5.59. The number of halogens is 5. The van der Waals surface area contributed by atoms with Crippen LogP contribution in [0.2, 0.25) is 5.02 Å². The van der Waals surface area contributed by atoms with Gasteiger partial charge in [0.25, 0.3) is 0 Å². The zero-order valence-electron chi connectivity index (χ0n) is 20.1. The largest absolute Gasteiger partial charge is 0.475 e. The van der Waals surface area contributed by atoms with Crippen molar-refractivity contribution < 1.29 is 36.6 Å². The molecule has 0 bridgehead atoms. The zero-order chi connectivity index (χ0) is 27.2. The Labute approximate surface area is 216 Å². The van der Waals surface area contributed by atoms with Gasteiger partial charge in [0.1, 0.15) is 25.2 Å². The Hall–Kier alpha value is -2.96. The molecule has 1 aliphatic rings. The maximum Gasteiger partial charge on any atom is 0.411 e. The smallest absolute Gasteiger partial charge is 0.411 e. The highest BCUT2D eigenvalue weighted by molar-refractivity contribution is 6.31. The molecule has 3 rings (SSSR count). The minimum absolute atomic E-state index is 0.0380. The summed E-state index contributed by atoms with van der Waals surface area (Å²) >= 11 is 6.29. The van der Waals surface area contributed by atoms with Gasteiger partial charge in [-0.1, -0.05) is 37.6 Å². The van der Waals surface area contributed by atoms with Gasteiger partial charge < -0.3 is 20.1 Å². The van der Waals surface area contributed by atoms with E-state index >= 15 is 4.39 Å². The molecule has 1 aromatic heterocycles.